The van der Waals surface area contributed by atoms with Crippen LogP contribution in [0.25, 0.3) is 0 Å². The molecular weight excluding hydrogens is 216 g/mol. The maximum absolute atomic E-state index is 12.2. The van der Waals surface area contributed by atoms with Crippen molar-refractivity contribution in [3.05, 3.63) is 24.2 Å². The molecule has 0 spiro atoms. The Labute approximate surface area is 100 Å². The Balaban J connectivity index is 1.91. The van der Waals surface area contributed by atoms with Gasteiger partial charge >= 0.3 is 0 Å². The maximum atomic E-state index is 12.2. The van der Waals surface area contributed by atoms with Crippen molar-refractivity contribution in [2.45, 2.75) is 32.7 Å². The molecule has 2 heterocycles. The quantitative estimate of drug-likeness (QED) is 0.805. The predicted molar refractivity (Wildman–Crippen MR) is 63.7 cm³/mol. The first-order valence-electron chi connectivity index (χ1n) is 5.96. The van der Waals surface area contributed by atoms with Crippen molar-refractivity contribution in [2.24, 2.45) is 16.4 Å². The molecule has 1 aromatic heterocycles. The van der Waals surface area contributed by atoms with Gasteiger partial charge in [-0.05, 0) is 24.0 Å². The van der Waals surface area contributed by atoms with Gasteiger partial charge in [0.25, 0.3) is 0 Å². The topological polar surface area (TPSA) is 54.6 Å². The van der Waals surface area contributed by atoms with E-state index in [4.69, 9.17) is 4.42 Å². The molecule has 3 rings (SSSR count). The first kappa shape index (κ1) is 10.6. The van der Waals surface area contributed by atoms with E-state index in [1.54, 1.807) is 6.26 Å². The molecule has 4 heteroatoms. The van der Waals surface area contributed by atoms with Crippen molar-refractivity contribution >= 4 is 11.5 Å². The van der Waals surface area contributed by atoms with Crippen LogP contribution in [0.15, 0.2) is 27.9 Å². The zero-order valence-corrected chi connectivity index (χ0v) is 10.1. The van der Waals surface area contributed by atoms with Crippen LogP contribution in [0, 0.1) is 11.3 Å². The number of nitrogens with one attached hydrogen (secondary N) is 1. The van der Waals surface area contributed by atoms with Crippen molar-refractivity contribution in [3.63, 3.8) is 0 Å². The number of carbonyl (C=O) groups excluding carboxylic acids is 1. The normalized spacial score (nSPS) is 30.7. The fourth-order valence-corrected chi connectivity index (χ4v) is 2.91. The molecule has 0 saturated heterocycles. The molecule has 0 radical (unpaired) electrons. The van der Waals surface area contributed by atoms with Crippen molar-refractivity contribution in [3.8, 4) is 0 Å². The largest absolute Gasteiger partial charge is 0.463 e. The highest BCUT2D eigenvalue weighted by Crippen LogP contribution is 2.39. The first-order valence-corrected chi connectivity index (χ1v) is 5.96. The maximum Gasteiger partial charge on any atom is 0.150 e. The minimum absolute atomic E-state index is 0.0688. The van der Waals surface area contributed by atoms with Crippen LogP contribution in [0.5, 0.6) is 0 Å². The third-order valence-electron chi connectivity index (χ3n) is 3.59. The number of hydrogen-bond donors (Lipinski definition) is 1. The Hall–Kier alpha value is -1.58. The van der Waals surface area contributed by atoms with E-state index in [0.717, 1.165) is 12.1 Å². The van der Waals surface area contributed by atoms with Crippen LogP contribution in [-0.4, -0.2) is 17.5 Å². The molecule has 2 atom stereocenters. The number of rotatable bonds is 1. The Morgan fingerprint density at radius 3 is 3.06 bits per heavy atom. The van der Waals surface area contributed by atoms with Crippen LogP contribution in [0.2, 0.25) is 0 Å². The number of Topliss-reactive ketones (excluding diaryl/α,β-unsaturated/α-hetero) is 1. The monoisotopic (exact) mass is 232 g/mol. The van der Waals surface area contributed by atoms with Gasteiger partial charge in [-0.3, -0.25) is 4.79 Å². The van der Waals surface area contributed by atoms with Gasteiger partial charge in [-0.25, -0.2) is 0 Å². The van der Waals surface area contributed by atoms with E-state index < -0.39 is 0 Å². The lowest BCUT2D eigenvalue weighted by molar-refractivity contribution is -0.126. The molecule has 1 saturated carbocycles. The summed E-state index contributed by atoms with van der Waals surface area (Å²) in [4.78, 5) is 12.2. The summed E-state index contributed by atoms with van der Waals surface area (Å²) in [6, 6.07) is 3.81. The van der Waals surface area contributed by atoms with E-state index in [9.17, 15) is 4.79 Å². The summed E-state index contributed by atoms with van der Waals surface area (Å²) in [5, 5.41) is 4.29. The van der Waals surface area contributed by atoms with Gasteiger partial charge < -0.3 is 9.84 Å². The number of carbonyl (C=O) groups is 1. The van der Waals surface area contributed by atoms with Gasteiger partial charge in [0.1, 0.15) is 11.5 Å². The second-order valence-electron chi connectivity index (χ2n) is 5.70. The van der Waals surface area contributed by atoms with Crippen molar-refractivity contribution in [2.75, 3.05) is 0 Å². The summed E-state index contributed by atoms with van der Waals surface area (Å²) >= 11 is 0. The molecule has 1 aliphatic carbocycles. The highest BCUT2D eigenvalue weighted by Gasteiger charge is 2.46. The van der Waals surface area contributed by atoms with Crippen LogP contribution in [-0.2, 0) is 4.79 Å². The summed E-state index contributed by atoms with van der Waals surface area (Å²) in [6.07, 6.45) is 3.20. The summed E-state index contributed by atoms with van der Waals surface area (Å²) in [6.45, 7) is 4.27. The summed E-state index contributed by atoms with van der Waals surface area (Å²) in [7, 11) is 0. The molecule has 2 unspecified atom stereocenters. The predicted octanol–water partition coefficient (Wildman–Crippen LogP) is 1.96. The standard InChI is InChI=1S/C13H16N2O2/c1-13(2)6-8-11(9(16)7-13)12(15-14-8)10-4-3-5-17-10/h3-5,8,11,14H,6-7H2,1-2H3. The van der Waals surface area contributed by atoms with Gasteiger partial charge in [0.05, 0.1) is 18.2 Å². The molecule has 17 heavy (non-hydrogen) atoms. The SMILES string of the molecule is CC1(C)CC(=O)C2C(c3ccco3)=NNC2C1. The number of ketones is 1. The number of hydrazone groups is 1. The Morgan fingerprint density at radius 1 is 1.53 bits per heavy atom. The van der Waals surface area contributed by atoms with E-state index in [-0.39, 0.29) is 23.2 Å². The molecule has 1 N–H and O–H groups in total. The number of furan rings is 1. The lowest BCUT2D eigenvalue weighted by Crippen LogP contribution is -2.45. The summed E-state index contributed by atoms with van der Waals surface area (Å²) < 4.78 is 5.34. The second kappa shape index (κ2) is 3.45. The molecule has 1 aromatic rings. The molecule has 1 fully saturated rings. The molecule has 4 nitrogen and oxygen atoms in total. The number of nitrogens with zero attached hydrogens (tertiary/aromatic N) is 1. The van der Waals surface area contributed by atoms with Crippen molar-refractivity contribution in [1.82, 2.24) is 5.43 Å². The molecule has 0 bridgehead atoms. The zero-order chi connectivity index (χ0) is 12.0. The van der Waals surface area contributed by atoms with Crippen molar-refractivity contribution in [1.29, 1.82) is 0 Å². The Bertz CT molecular complexity index is 474. The van der Waals surface area contributed by atoms with E-state index >= 15 is 0 Å². The molecule has 0 aromatic carbocycles. The average molecular weight is 232 g/mol. The Morgan fingerprint density at radius 2 is 2.35 bits per heavy atom. The third-order valence-corrected chi connectivity index (χ3v) is 3.59. The van der Waals surface area contributed by atoms with Gasteiger partial charge in [-0.2, -0.15) is 5.10 Å². The van der Waals surface area contributed by atoms with Gasteiger partial charge in [0, 0.05) is 6.42 Å². The molecule has 90 valence electrons. The van der Waals surface area contributed by atoms with Crippen LogP contribution in [0.3, 0.4) is 0 Å². The van der Waals surface area contributed by atoms with Gasteiger partial charge in [0.15, 0.2) is 5.76 Å². The van der Waals surface area contributed by atoms with Crippen LogP contribution < -0.4 is 5.43 Å². The lowest BCUT2D eigenvalue weighted by atomic mass is 9.68. The fraction of sp³-hybridized carbons (Fsp3) is 0.538. The van der Waals surface area contributed by atoms with Gasteiger partial charge in [-0.15, -0.1) is 0 Å². The average Bonchev–Trinajstić information content (AvgIpc) is 2.81. The number of hydrogen-bond acceptors (Lipinski definition) is 4. The highest BCUT2D eigenvalue weighted by molar-refractivity contribution is 6.14. The molecule has 1 aliphatic heterocycles. The molecule has 2 aliphatic rings. The van der Waals surface area contributed by atoms with E-state index in [1.165, 1.54) is 0 Å². The zero-order valence-electron chi connectivity index (χ0n) is 10.1. The highest BCUT2D eigenvalue weighted by atomic mass is 16.3. The van der Waals surface area contributed by atoms with E-state index in [2.05, 4.69) is 24.4 Å². The van der Waals surface area contributed by atoms with Crippen LogP contribution in [0.1, 0.15) is 32.4 Å². The minimum Gasteiger partial charge on any atom is -0.463 e. The third kappa shape index (κ3) is 1.68. The van der Waals surface area contributed by atoms with Crippen LogP contribution >= 0.6 is 0 Å². The Kier molecular flexibility index (Phi) is 2.15. The minimum atomic E-state index is -0.130. The summed E-state index contributed by atoms with van der Waals surface area (Å²) in [5.41, 5.74) is 3.92. The first-order chi connectivity index (χ1) is 8.07. The van der Waals surface area contributed by atoms with E-state index in [0.29, 0.717) is 12.2 Å². The number of fused-ring (bicyclic) bond motifs is 1. The second-order valence-corrected chi connectivity index (χ2v) is 5.70. The smallest absolute Gasteiger partial charge is 0.150 e. The summed E-state index contributed by atoms with van der Waals surface area (Å²) in [5.74, 6) is 0.846. The molecule has 0 amide bonds. The fourth-order valence-electron chi connectivity index (χ4n) is 2.91. The van der Waals surface area contributed by atoms with Crippen molar-refractivity contribution < 1.29 is 9.21 Å². The van der Waals surface area contributed by atoms with Gasteiger partial charge in [-0.1, -0.05) is 13.8 Å². The van der Waals surface area contributed by atoms with E-state index in [1.807, 2.05) is 12.1 Å². The lowest BCUT2D eigenvalue weighted by Gasteiger charge is -2.35. The van der Waals surface area contributed by atoms with Crippen LogP contribution in [0.4, 0.5) is 0 Å². The van der Waals surface area contributed by atoms with Gasteiger partial charge in [0.2, 0.25) is 0 Å². The molecular formula is C13H16N2O2.